The van der Waals surface area contributed by atoms with Gasteiger partial charge in [-0.15, -0.1) is 0 Å². The van der Waals surface area contributed by atoms with Gasteiger partial charge in [0.25, 0.3) is 0 Å². The molecule has 0 spiro atoms. The van der Waals surface area contributed by atoms with Gasteiger partial charge in [-0.1, -0.05) is 48.1 Å². The van der Waals surface area contributed by atoms with Crippen molar-refractivity contribution in [3.8, 4) is 0 Å². The van der Waals surface area contributed by atoms with Crippen molar-refractivity contribution in [1.82, 2.24) is 0 Å². The molecule has 0 atom stereocenters. The van der Waals surface area contributed by atoms with Crippen LogP contribution in [0.2, 0.25) is 0 Å². The van der Waals surface area contributed by atoms with Crippen LogP contribution in [-0.4, -0.2) is 11.6 Å². The third-order valence-electron chi connectivity index (χ3n) is 3.51. The lowest BCUT2D eigenvalue weighted by Crippen LogP contribution is -2.53. The smallest absolute Gasteiger partial charge is 0.333 e. The minimum Gasteiger partial charge on any atom is -0.455 e. The minimum absolute atomic E-state index is 0.129. The Kier molecular flexibility index (Phi) is 4.02. The third-order valence-corrected chi connectivity index (χ3v) is 3.51. The van der Waals surface area contributed by atoms with Crippen LogP contribution >= 0.6 is 0 Å². The van der Waals surface area contributed by atoms with Crippen molar-refractivity contribution in [3.63, 3.8) is 0 Å². The Labute approximate surface area is 100 Å². The molecule has 0 bridgehead atoms. The Hall–Kier alpha value is -0.790. The predicted molar refractivity (Wildman–Crippen MR) is 68.2 cm³/mol. The molecule has 0 N–H and O–H groups in total. The van der Waals surface area contributed by atoms with Crippen LogP contribution in [0.3, 0.4) is 0 Å². The standard InChI is InChI=1S/C14H26O2/c1-10(2)11(15)16-14(9,12(3,4)5)13(6,7)8/h1H2,2-9H3. The van der Waals surface area contributed by atoms with Crippen molar-refractivity contribution >= 4 is 5.97 Å². The average Bonchev–Trinajstić information content (AvgIpc) is 1.99. The molecule has 0 unspecified atom stereocenters. The van der Waals surface area contributed by atoms with Crippen molar-refractivity contribution in [2.75, 3.05) is 0 Å². The van der Waals surface area contributed by atoms with Crippen molar-refractivity contribution in [2.24, 2.45) is 10.8 Å². The Morgan fingerprint density at radius 3 is 1.44 bits per heavy atom. The summed E-state index contributed by atoms with van der Waals surface area (Å²) >= 11 is 0. The second-order valence-corrected chi connectivity index (χ2v) is 6.70. The third kappa shape index (κ3) is 2.87. The fourth-order valence-corrected chi connectivity index (χ4v) is 1.70. The van der Waals surface area contributed by atoms with E-state index < -0.39 is 5.60 Å². The van der Waals surface area contributed by atoms with E-state index in [9.17, 15) is 4.79 Å². The number of carbonyl (C=O) groups excluding carboxylic acids is 1. The maximum absolute atomic E-state index is 11.7. The largest absolute Gasteiger partial charge is 0.455 e. The van der Waals surface area contributed by atoms with Crippen LogP contribution in [0.5, 0.6) is 0 Å². The van der Waals surface area contributed by atoms with Crippen LogP contribution in [0.25, 0.3) is 0 Å². The molecule has 94 valence electrons. The van der Waals surface area contributed by atoms with Crippen molar-refractivity contribution in [3.05, 3.63) is 12.2 Å². The van der Waals surface area contributed by atoms with E-state index in [1.165, 1.54) is 0 Å². The topological polar surface area (TPSA) is 26.3 Å². The summed E-state index contributed by atoms with van der Waals surface area (Å²) < 4.78 is 5.69. The van der Waals surface area contributed by atoms with Crippen LogP contribution in [-0.2, 0) is 9.53 Å². The van der Waals surface area contributed by atoms with E-state index in [1.807, 2.05) is 6.92 Å². The van der Waals surface area contributed by atoms with Crippen molar-refractivity contribution < 1.29 is 9.53 Å². The van der Waals surface area contributed by atoms with Crippen LogP contribution in [0.1, 0.15) is 55.4 Å². The second kappa shape index (κ2) is 4.23. The molecule has 0 aliphatic heterocycles. The van der Waals surface area contributed by atoms with Gasteiger partial charge >= 0.3 is 5.97 Å². The highest BCUT2D eigenvalue weighted by molar-refractivity contribution is 5.87. The molecule has 0 aliphatic carbocycles. The minimum atomic E-state index is -0.532. The zero-order valence-electron chi connectivity index (χ0n) is 12.0. The highest BCUT2D eigenvalue weighted by Gasteiger charge is 2.50. The molecule has 0 aromatic carbocycles. The number of hydrogen-bond acceptors (Lipinski definition) is 2. The molecule has 0 radical (unpaired) electrons. The Morgan fingerprint density at radius 2 is 1.25 bits per heavy atom. The van der Waals surface area contributed by atoms with Crippen LogP contribution < -0.4 is 0 Å². The number of esters is 1. The molecule has 0 heterocycles. The fourth-order valence-electron chi connectivity index (χ4n) is 1.70. The molecular weight excluding hydrogens is 200 g/mol. The summed E-state index contributed by atoms with van der Waals surface area (Å²) in [6.07, 6.45) is 0. The highest BCUT2D eigenvalue weighted by Crippen LogP contribution is 2.46. The molecule has 0 saturated carbocycles. The maximum atomic E-state index is 11.7. The molecule has 0 fully saturated rings. The van der Waals surface area contributed by atoms with Gasteiger partial charge < -0.3 is 4.74 Å². The van der Waals surface area contributed by atoms with Crippen molar-refractivity contribution in [1.29, 1.82) is 0 Å². The first-order chi connectivity index (χ1) is 6.83. The number of hydrogen-bond donors (Lipinski definition) is 0. The number of carbonyl (C=O) groups is 1. The molecule has 0 aliphatic rings. The summed E-state index contributed by atoms with van der Waals surface area (Å²) in [7, 11) is 0. The van der Waals surface area contributed by atoms with Gasteiger partial charge in [-0.3, -0.25) is 0 Å². The van der Waals surface area contributed by atoms with E-state index in [-0.39, 0.29) is 16.8 Å². The van der Waals surface area contributed by atoms with E-state index in [2.05, 4.69) is 48.1 Å². The first-order valence-electron chi connectivity index (χ1n) is 5.72. The summed E-state index contributed by atoms with van der Waals surface area (Å²) in [5.74, 6) is -0.313. The number of ether oxygens (including phenoxy) is 1. The maximum Gasteiger partial charge on any atom is 0.333 e. The molecular formula is C14H26O2. The molecule has 2 nitrogen and oxygen atoms in total. The zero-order chi connectivity index (χ0) is 13.4. The molecule has 0 saturated heterocycles. The highest BCUT2D eigenvalue weighted by atomic mass is 16.6. The van der Waals surface area contributed by atoms with E-state index >= 15 is 0 Å². The number of rotatable bonds is 2. The van der Waals surface area contributed by atoms with E-state index in [0.717, 1.165) is 0 Å². The first-order valence-corrected chi connectivity index (χ1v) is 5.72. The summed E-state index contributed by atoms with van der Waals surface area (Å²) in [5.41, 5.74) is -0.345. The summed E-state index contributed by atoms with van der Waals surface area (Å²) in [6.45, 7) is 19.8. The van der Waals surface area contributed by atoms with Gasteiger partial charge in [0.15, 0.2) is 0 Å². The summed E-state index contributed by atoms with van der Waals surface area (Å²) in [6, 6.07) is 0. The molecule has 16 heavy (non-hydrogen) atoms. The van der Waals surface area contributed by atoms with Gasteiger partial charge in [0.2, 0.25) is 0 Å². The molecule has 2 heteroatoms. The fraction of sp³-hybridized carbons (Fsp3) is 0.786. The lowest BCUT2D eigenvalue weighted by Gasteiger charge is -2.50. The Bertz CT molecular complexity index is 273. The second-order valence-electron chi connectivity index (χ2n) is 6.70. The van der Waals surface area contributed by atoms with Gasteiger partial charge in [0, 0.05) is 16.4 Å². The monoisotopic (exact) mass is 226 g/mol. The zero-order valence-corrected chi connectivity index (χ0v) is 12.0. The van der Waals surface area contributed by atoms with Gasteiger partial charge in [-0.2, -0.15) is 0 Å². The summed E-state index contributed by atoms with van der Waals surface area (Å²) in [4.78, 5) is 11.7. The quantitative estimate of drug-likeness (QED) is 0.526. The molecule has 0 aromatic rings. The normalized spacial score (nSPS) is 13.5. The first kappa shape index (κ1) is 15.2. The lowest BCUT2D eigenvalue weighted by atomic mass is 9.63. The van der Waals surface area contributed by atoms with E-state index in [0.29, 0.717) is 5.57 Å². The summed E-state index contributed by atoms with van der Waals surface area (Å²) in [5, 5.41) is 0. The molecule has 0 amide bonds. The van der Waals surface area contributed by atoms with E-state index in [1.54, 1.807) is 6.92 Å². The van der Waals surface area contributed by atoms with Gasteiger partial charge in [0.1, 0.15) is 5.60 Å². The van der Waals surface area contributed by atoms with Crippen molar-refractivity contribution in [2.45, 2.75) is 61.0 Å². The van der Waals surface area contributed by atoms with Gasteiger partial charge in [-0.05, 0) is 13.8 Å². The van der Waals surface area contributed by atoms with Crippen LogP contribution in [0, 0.1) is 10.8 Å². The SMILES string of the molecule is C=C(C)C(=O)OC(C)(C(C)(C)C)C(C)(C)C. The lowest BCUT2D eigenvalue weighted by molar-refractivity contribution is -0.187. The van der Waals surface area contributed by atoms with Gasteiger partial charge in [-0.25, -0.2) is 4.79 Å². The Balaban J connectivity index is 5.30. The molecule has 0 rings (SSSR count). The predicted octanol–water partition coefficient (Wildman–Crippen LogP) is 3.96. The van der Waals surface area contributed by atoms with E-state index in [4.69, 9.17) is 4.74 Å². The molecule has 0 aromatic heterocycles. The average molecular weight is 226 g/mol. The van der Waals surface area contributed by atoms with Gasteiger partial charge in [0.05, 0.1) is 0 Å². The van der Waals surface area contributed by atoms with Crippen LogP contribution in [0.4, 0.5) is 0 Å². The van der Waals surface area contributed by atoms with Crippen LogP contribution in [0.15, 0.2) is 12.2 Å². The Morgan fingerprint density at radius 1 is 0.938 bits per heavy atom.